The summed E-state index contributed by atoms with van der Waals surface area (Å²) in [4.78, 5) is 58.3. The molecule has 0 spiro atoms. The maximum Gasteiger partial charge on any atom is 0.305 e. The smallest absolute Gasteiger partial charge is 0.305 e. The molecule has 2 amide bonds. The molecule has 0 aromatic carbocycles. The van der Waals surface area contributed by atoms with Gasteiger partial charge in [0.25, 0.3) is 11.8 Å². The highest BCUT2D eigenvalue weighted by atomic mass is 16.5. The molecule has 2 aromatic rings. The number of aromatic nitrogens is 4. The number of H-pyrrole nitrogens is 2. The largest absolute Gasteiger partial charge is 0.469 e. The number of fused-ring (bicyclic) bond motifs is 8. The number of aromatic amines is 2. The molecule has 8 bridgehead atoms. The number of esters is 1. The molecule has 4 aliphatic heterocycles. The normalized spacial score (nSPS) is 19.2. The van der Waals surface area contributed by atoms with Crippen LogP contribution < -0.4 is 0 Å². The van der Waals surface area contributed by atoms with Crippen molar-refractivity contribution in [2.24, 2.45) is 0 Å². The summed E-state index contributed by atoms with van der Waals surface area (Å²) in [5.74, 6) is -1.40. The lowest BCUT2D eigenvalue weighted by Gasteiger charge is -2.24. The number of nitrogens with zero attached hydrogens (tertiary/aromatic N) is 3. The van der Waals surface area contributed by atoms with Gasteiger partial charge in [-0.1, -0.05) is 13.8 Å². The van der Waals surface area contributed by atoms with E-state index in [1.54, 1.807) is 7.11 Å². The second kappa shape index (κ2) is 11.7. The van der Waals surface area contributed by atoms with Crippen LogP contribution in [0.2, 0.25) is 0 Å². The minimum Gasteiger partial charge on any atom is -0.469 e. The Morgan fingerprint density at radius 1 is 0.957 bits per heavy atom. The highest BCUT2D eigenvalue weighted by Crippen LogP contribution is 2.45. The summed E-state index contributed by atoms with van der Waals surface area (Å²) in [5, 5.41) is 0. The zero-order valence-electron chi connectivity index (χ0n) is 28.0. The second-order valence-corrected chi connectivity index (χ2v) is 12.5. The molecule has 0 fully saturated rings. The molecule has 10 heteroatoms. The van der Waals surface area contributed by atoms with Crippen LogP contribution in [0, 0.1) is 6.92 Å². The van der Waals surface area contributed by atoms with Gasteiger partial charge in [-0.3, -0.25) is 19.3 Å². The Balaban J connectivity index is 1.79. The Hall–Kier alpha value is -4.57. The van der Waals surface area contributed by atoms with Crippen LogP contribution in [0.1, 0.15) is 126 Å². The molecule has 3 atom stereocenters. The highest BCUT2D eigenvalue weighted by Gasteiger charge is 2.39. The molecule has 240 valence electrons. The van der Waals surface area contributed by atoms with Crippen LogP contribution in [0.3, 0.4) is 0 Å². The standard InChI is InChI=1S/C36H41N5O5/c1-10-21-16(2)23-15-28-30(20(6)45-8)18(4)25(38-28)13-24-17(3)22(11-12-29(42)46-9)33(39-24)32-34-31(35(43)41(7)36(32)44)19(5)26(40-34)14-27(21)37-23/h13-15,17,20,22,39-40H,10-12H2,1-9H3/t17-,20?,22-/m0/s1. The molecule has 0 saturated heterocycles. The Kier molecular flexibility index (Phi) is 7.96. The first-order valence-corrected chi connectivity index (χ1v) is 15.8. The first kappa shape index (κ1) is 31.4. The van der Waals surface area contributed by atoms with Crippen LogP contribution in [0.5, 0.6) is 0 Å². The third kappa shape index (κ3) is 4.78. The molecule has 2 N–H and O–H groups in total. The van der Waals surface area contributed by atoms with E-state index in [-0.39, 0.29) is 36.2 Å². The van der Waals surface area contributed by atoms with Gasteiger partial charge in [0.1, 0.15) is 0 Å². The molecule has 0 aliphatic carbocycles. The monoisotopic (exact) mass is 623 g/mol. The van der Waals surface area contributed by atoms with Crippen molar-refractivity contribution in [3.8, 4) is 0 Å². The fourth-order valence-corrected chi connectivity index (χ4v) is 7.24. The van der Waals surface area contributed by atoms with Crippen LogP contribution in [0.25, 0.3) is 33.3 Å². The van der Waals surface area contributed by atoms with Crippen molar-refractivity contribution in [1.82, 2.24) is 24.8 Å². The van der Waals surface area contributed by atoms with Gasteiger partial charge in [0.2, 0.25) is 0 Å². The number of amides is 2. The summed E-state index contributed by atoms with van der Waals surface area (Å²) in [6, 6.07) is 6.04. The van der Waals surface area contributed by atoms with E-state index >= 15 is 0 Å². The van der Waals surface area contributed by atoms with E-state index in [1.165, 1.54) is 19.1 Å². The molecule has 0 radical (unpaired) electrons. The fourth-order valence-electron chi connectivity index (χ4n) is 7.24. The lowest BCUT2D eigenvalue weighted by molar-refractivity contribution is -0.140. The number of rotatable bonds is 6. The van der Waals surface area contributed by atoms with E-state index in [0.29, 0.717) is 28.8 Å². The van der Waals surface area contributed by atoms with Crippen LogP contribution in [-0.2, 0) is 14.3 Å². The zero-order valence-corrected chi connectivity index (χ0v) is 28.0. The molecule has 6 rings (SSSR count). The summed E-state index contributed by atoms with van der Waals surface area (Å²) in [6.45, 7) is 12.2. The number of hydrogen-bond acceptors (Lipinski definition) is 7. The van der Waals surface area contributed by atoms with Gasteiger partial charge in [-0.25, -0.2) is 9.97 Å². The van der Waals surface area contributed by atoms with Crippen molar-refractivity contribution < 1.29 is 23.9 Å². The van der Waals surface area contributed by atoms with E-state index in [9.17, 15) is 14.4 Å². The first-order valence-electron chi connectivity index (χ1n) is 15.8. The number of nitrogens with one attached hydrogen (secondary N) is 2. The minimum absolute atomic E-state index is 0.0934. The van der Waals surface area contributed by atoms with Gasteiger partial charge in [-0.05, 0) is 81.0 Å². The van der Waals surface area contributed by atoms with Gasteiger partial charge in [-0.2, -0.15) is 0 Å². The molecule has 6 heterocycles. The van der Waals surface area contributed by atoms with E-state index in [2.05, 4.69) is 30.7 Å². The average molecular weight is 624 g/mol. The zero-order chi connectivity index (χ0) is 33.2. The van der Waals surface area contributed by atoms with E-state index in [1.807, 2.05) is 39.0 Å². The molecule has 1 unspecified atom stereocenters. The minimum atomic E-state index is -0.403. The lowest BCUT2D eigenvalue weighted by atomic mass is 9.84. The number of imide groups is 1. The number of aryl methyl sites for hydroxylation is 1. The molecule has 46 heavy (non-hydrogen) atoms. The van der Waals surface area contributed by atoms with Crippen molar-refractivity contribution in [2.45, 2.75) is 78.7 Å². The SMILES string of the molecule is CCC1=C(C)c2cc3nc(cc4[nH]c(c5c6[nH]c(cc1n2)c(C)c6C(=O)N(C)C5=O)[C@@H](CCC(=O)OC)[C@@H]4C)C(C)=C3C(C)OC. The topological polar surface area (TPSA) is 130 Å². The molecule has 0 saturated carbocycles. The van der Waals surface area contributed by atoms with Crippen molar-refractivity contribution >= 4 is 51.1 Å². The Morgan fingerprint density at radius 2 is 1.63 bits per heavy atom. The van der Waals surface area contributed by atoms with Crippen LogP contribution in [-0.4, -0.2) is 70.0 Å². The fraction of sp³-hybridized carbons (Fsp3) is 0.417. The summed E-state index contributed by atoms with van der Waals surface area (Å²) in [7, 11) is 4.58. The quantitative estimate of drug-likeness (QED) is 0.270. The molecular formula is C36H41N5O5. The average Bonchev–Trinajstić information content (AvgIpc) is 3.71. The second-order valence-electron chi connectivity index (χ2n) is 12.5. The number of carbonyl (C=O) groups is 3. The number of methoxy groups -OCH3 is 2. The van der Waals surface area contributed by atoms with E-state index in [0.717, 1.165) is 68.3 Å². The van der Waals surface area contributed by atoms with Gasteiger partial charge in [-0.15, -0.1) is 0 Å². The third-order valence-corrected chi connectivity index (χ3v) is 10.1. The van der Waals surface area contributed by atoms with Gasteiger partial charge in [0.05, 0.1) is 52.6 Å². The summed E-state index contributed by atoms with van der Waals surface area (Å²) in [6.07, 6.45) is 1.20. The summed E-state index contributed by atoms with van der Waals surface area (Å²) >= 11 is 0. The Bertz CT molecular complexity index is 1960. The number of ether oxygens (including phenoxy) is 2. The highest BCUT2D eigenvalue weighted by molar-refractivity contribution is 6.23. The lowest BCUT2D eigenvalue weighted by Crippen LogP contribution is -2.37. The van der Waals surface area contributed by atoms with E-state index < -0.39 is 5.91 Å². The molecular weight excluding hydrogens is 582 g/mol. The third-order valence-electron chi connectivity index (χ3n) is 10.1. The van der Waals surface area contributed by atoms with Gasteiger partial charge in [0, 0.05) is 54.9 Å². The van der Waals surface area contributed by atoms with Crippen LogP contribution in [0.15, 0.2) is 18.2 Å². The van der Waals surface area contributed by atoms with Crippen molar-refractivity contribution in [3.05, 3.63) is 69.1 Å². The number of allylic oxidation sites excluding steroid dienone is 3. The van der Waals surface area contributed by atoms with Crippen LogP contribution in [0.4, 0.5) is 0 Å². The maximum atomic E-state index is 14.0. The predicted octanol–water partition coefficient (Wildman–Crippen LogP) is 6.72. The van der Waals surface area contributed by atoms with Crippen LogP contribution >= 0.6 is 0 Å². The van der Waals surface area contributed by atoms with Crippen molar-refractivity contribution in [2.75, 3.05) is 21.3 Å². The van der Waals surface area contributed by atoms with Crippen molar-refractivity contribution in [1.29, 1.82) is 0 Å². The summed E-state index contributed by atoms with van der Waals surface area (Å²) < 4.78 is 10.8. The predicted molar refractivity (Wildman–Crippen MR) is 178 cm³/mol. The first-order chi connectivity index (χ1) is 21.9. The van der Waals surface area contributed by atoms with Gasteiger partial charge in [0.15, 0.2) is 0 Å². The molecule has 10 nitrogen and oxygen atoms in total. The summed E-state index contributed by atoms with van der Waals surface area (Å²) in [5.41, 5.74) is 11.7. The van der Waals surface area contributed by atoms with Gasteiger partial charge >= 0.3 is 5.97 Å². The van der Waals surface area contributed by atoms with E-state index in [4.69, 9.17) is 19.4 Å². The number of carbonyl (C=O) groups excluding carboxylic acids is 3. The Morgan fingerprint density at radius 3 is 2.30 bits per heavy atom. The van der Waals surface area contributed by atoms with Crippen molar-refractivity contribution in [3.63, 3.8) is 0 Å². The molecule has 2 aromatic heterocycles. The van der Waals surface area contributed by atoms with Gasteiger partial charge < -0.3 is 19.4 Å². The molecule has 4 aliphatic rings. The number of hydrogen-bond donors (Lipinski definition) is 2. The Labute approximate surface area is 268 Å². The maximum absolute atomic E-state index is 14.0.